The number of ether oxygens (including phenoxy) is 2. The third-order valence-electron chi connectivity index (χ3n) is 5.22. The van der Waals surface area contributed by atoms with E-state index >= 15 is 0 Å². The Morgan fingerprint density at radius 3 is 2.89 bits per heavy atom. The molecule has 0 bridgehead atoms. The molecule has 27 heavy (non-hydrogen) atoms. The van der Waals surface area contributed by atoms with Crippen molar-refractivity contribution >= 4 is 5.96 Å². The highest BCUT2D eigenvalue weighted by atomic mass is 16.6. The van der Waals surface area contributed by atoms with Crippen LogP contribution >= 0.6 is 0 Å². The summed E-state index contributed by atoms with van der Waals surface area (Å²) in [6, 6.07) is 7.79. The maximum Gasteiger partial charge on any atom is 0.191 e. The van der Waals surface area contributed by atoms with Crippen LogP contribution in [-0.2, 0) is 0 Å². The van der Waals surface area contributed by atoms with Crippen LogP contribution in [0.1, 0.15) is 32.6 Å². The Morgan fingerprint density at radius 2 is 2.07 bits per heavy atom. The van der Waals surface area contributed by atoms with Crippen LogP contribution in [0, 0.1) is 5.92 Å². The molecule has 1 saturated heterocycles. The number of benzene rings is 1. The monoisotopic (exact) mass is 374 g/mol. The highest BCUT2D eigenvalue weighted by molar-refractivity contribution is 5.79. The van der Waals surface area contributed by atoms with Crippen molar-refractivity contribution in [2.45, 2.75) is 38.7 Å². The van der Waals surface area contributed by atoms with Crippen molar-refractivity contribution in [2.75, 3.05) is 46.4 Å². The number of hydrogen-bond acceptors (Lipinski definition) is 4. The largest absolute Gasteiger partial charge is 0.486 e. The second-order valence-corrected chi connectivity index (χ2v) is 7.63. The lowest BCUT2D eigenvalue weighted by molar-refractivity contribution is 0.0936. The molecular weight excluding hydrogens is 340 g/mol. The summed E-state index contributed by atoms with van der Waals surface area (Å²) in [6.07, 6.45) is 5.11. The van der Waals surface area contributed by atoms with E-state index in [1.54, 1.807) is 7.05 Å². The molecule has 1 aromatic carbocycles. The lowest BCUT2D eigenvalue weighted by atomic mass is 10.0. The van der Waals surface area contributed by atoms with E-state index in [1.807, 2.05) is 24.3 Å². The summed E-state index contributed by atoms with van der Waals surface area (Å²) in [6.45, 7) is 8.27. The number of aliphatic imine (C=N–C) groups is 1. The molecule has 0 spiro atoms. The third-order valence-corrected chi connectivity index (χ3v) is 5.22. The van der Waals surface area contributed by atoms with Gasteiger partial charge < -0.3 is 25.0 Å². The van der Waals surface area contributed by atoms with Crippen LogP contribution in [0.4, 0.5) is 0 Å². The van der Waals surface area contributed by atoms with E-state index in [0.29, 0.717) is 13.2 Å². The van der Waals surface area contributed by atoms with E-state index in [2.05, 4.69) is 27.4 Å². The average Bonchev–Trinajstić information content (AvgIpc) is 2.70. The van der Waals surface area contributed by atoms with Crippen molar-refractivity contribution in [3.8, 4) is 11.5 Å². The van der Waals surface area contributed by atoms with Crippen molar-refractivity contribution in [2.24, 2.45) is 10.9 Å². The van der Waals surface area contributed by atoms with Gasteiger partial charge >= 0.3 is 0 Å². The molecule has 6 heteroatoms. The first-order chi connectivity index (χ1) is 13.2. The minimum Gasteiger partial charge on any atom is -0.486 e. The van der Waals surface area contributed by atoms with Gasteiger partial charge in [0.25, 0.3) is 0 Å². The van der Waals surface area contributed by atoms with Gasteiger partial charge in [0, 0.05) is 20.1 Å². The topological polar surface area (TPSA) is 58.1 Å². The minimum absolute atomic E-state index is 0.0143. The maximum absolute atomic E-state index is 5.97. The molecule has 3 rings (SSSR count). The molecule has 0 radical (unpaired) electrons. The van der Waals surface area contributed by atoms with Gasteiger partial charge in [-0.15, -0.1) is 0 Å². The second kappa shape index (κ2) is 10.4. The first kappa shape index (κ1) is 19.8. The lowest BCUT2D eigenvalue weighted by Gasteiger charge is -2.30. The number of hydrogen-bond donors (Lipinski definition) is 2. The van der Waals surface area contributed by atoms with Gasteiger partial charge in [0.1, 0.15) is 12.7 Å². The number of nitrogens with zero attached hydrogens (tertiary/aromatic N) is 2. The molecule has 150 valence electrons. The Kier molecular flexibility index (Phi) is 7.63. The minimum atomic E-state index is -0.0143. The molecule has 0 aromatic heterocycles. The molecule has 2 atom stereocenters. The molecule has 0 aliphatic carbocycles. The highest BCUT2D eigenvalue weighted by Gasteiger charge is 2.20. The van der Waals surface area contributed by atoms with E-state index in [1.165, 1.54) is 38.9 Å². The number of piperidine rings is 1. The summed E-state index contributed by atoms with van der Waals surface area (Å²) in [4.78, 5) is 6.91. The first-order valence-corrected chi connectivity index (χ1v) is 10.3. The molecule has 2 N–H and O–H groups in total. The van der Waals surface area contributed by atoms with Gasteiger partial charge in [-0.3, -0.25) is 4.99 Å². The molecule has 2 aliphatic rings. The zero-order valence-electron chi connectivity index (χ0n) is 16.7. The quantitative estimate of drug-likeness (QED) is 0.436. The summed E-state index contributed by atoms with van der Waals surface area (Å²) < 4.78 is 11.7. The third kappa shape index (κ3) is 6.31. The van der Waals surface area contributed by atoms with E-state index < -0.39 is 0 Å². The van der Waals surface area contributed by atoms with Crippen molar-refractivity contribution in [3.05, 3.63) is 24.3 Å². The van der Waals surface area contributed by atoms with Gasteiger partial charge in [-0.25, -0.2) is 0 Å². The molecular formula is C21H34N4O2. The fourth-order valence-electron chi connectivity index (χ4n) is 3.75. The normalized spacial score (nSPS) is 23.1. The number of likely N-dealkylation sites (tertiary alicyclic amines) is 1. The van der Waals surface area contributed by atoms with Gasteiger partial charge in [0.15, 0.2) is 17.5 Å². The molecule has 2 unspecified atom stereocenters. The molecule has 2 heterocycles. The highest BCUT2D eigenvalue weighted by Crippen LogP contribution is 2.30. The average molecular weight is 375 g/mol. The molecule has 2 aliphatic heterocycles. The smallest absolute Gasteiger partial charge is 0.191 e. The van der Waals surface area contributed by atoms with Crippen LogP contribution in [0.2, 0.25) is 0 Å². The van der Waals surface area contributed by atoms with Gasteiger partial charge in [0.05, 0.1) is 6.54 Å². The second-order valence-electron chi connectivity index (χ2n) is 7.63. The van der Waals surface area contributed by atoms with Crippen LogP contribution < -0.4 is 20.1 Å². The predicted octanol–water partition coefficient (Wildman–Crippen LogP) is 2.50. The summed E-state index contributed by atoms with van der Waals surface area (Å²) >= 11 is 0. The van der Waals surface area contributed by atoms with Gasteiger partial charge in [-0.2, -0.15) is 0 Å². The van der Waals surface area contributed by atoms with E-state index in [0.717, 1.165) is 36.3 Å². The van der Waals surface area contributed by atoms with Gasteiger partial charge in [0.2, 0.25) is 0 Å². The predicted molar refractivity (Wildman–Crippen MR) is 110 cm³/mol. The Labute approximate surface area is 163 Å². The maximum atomic E-state index is 5.97. The van der Waals surface area contributed by atoms with Crippen LogP contribution in [-0.4, -0.2) is 63.3 Å². The number of fused-ring (bicyclic) bond motifs is 1. The van der Waals surface area contributed by atoms with E-state index in [9.17, 15) is 0 Å². The van der Waals surface area contributed by atoms with Crippen LogP contribution in [0.25, 0.3) is 0 Å². The molecule has 1 fully saturated rings. The van der Waals surface area contributed by atoms with Crippen molar-refractivity contribution in [1.82, 2.24) is 15.5 Å². The van der Waals surface area contributed by atoms with Crippen molar-refractivity contribution in [3.63, 3.8) is 0 Å². The van der Waals surface area contributed by atoms with E-state index in [4.69, 9.17) is 9.47 Å². The SMILES string of the molecule is CN=C(NCCCCN1CCCC(C)C1)NCC1COc2ccccc2O1. The number of guanidine groups is 1. The molecule has 6 nitrogen and oxygen atoms in total. The Morgan fingerprint density at radius 1 is 1.22 bits per heavy atom. The zero-order valence-corrected chi connectivity index (χ0v) is 16.7. The Hall–Kier alpha value is -1.95. The number of unbranched alkanes of at least 4 members (excludes halogenated alkanes) is 1. The summed E-state index contributed by atoms with van der Waals surface area (Å²) in [7, 11) is 1.80. The zero-order chi connectivity index (χ0) is 18.9. The fourth-order valence-corrected chi connectivity index (χ4v) is 3.75. The molecule has 0 amide bonds. The fraction of sp³-hybridized carbons (Fsp3) is 0.667. The molecule has 1 aromatic rings. The number of rotatable bonds is 7. The van der Waals surface area contributed by atoms with Gasteiger partial charge in [-0.05, 0) is 56.8 Å². The Balaban J connectivity index is 1.28. The summed E-state index contributed by atoms with van der Waals surface area (Å²) in [5.41, 5.74) is 0. The molecule has 0 saturated carbocycles. The summed E-state index contributed by atoms with van der Waals surface area (Å²) in [5, 5.41) is 6.74. The Bertz CT molecular complexity index is 608. The van der Waals surface area contributed by atoms with E-state index in [-0.39, 0.29) is 6.10 Å². The summed E-state index contributed by atoms with van der Waals surface area (Å²) in [5.74, 6) is 3.31. The van der Waals surface area contributed by atoms with Crippen LogP contribution in [0.5, 0.6) is 11.5 Å². The number of para-hydroxylation sites is 2. The van der Waals surface area contributed by atoms with Gasteiger partial charge in [-0.1, -0.05) is 19.1 Å². The van der Waals surface area contributed by atoms with Crippen molar-refractivity contribution < 1.29 is 9.47 Å². The van der Waals surface area contributed by atoms with Crippen LogP contribution in [0.3, 0.4) is 0 Å². The standard InChI is InChI=1S/C21H34N4O2/c1-17-8-7-13-25(15-17)12-6-5-11-23-21(22-2)24-14-18-16-26-19-9-3-4-10-20(19)27-18/h3-4,9-10,17-18H,5-8,11-16H2,1-2H3,(H2,22,23,24). The lowest BCUT2D eigenvalue weighted by Crippen LogP contribution is -2.45. The van der Waals surface area contributed by atoms with Crippen LogP contribution in [0.15, 0.2) is 29.3 Å². The van der Waals surface area contributed by atoms with Crippen molar-refractivity contribution in [1.29, 1.82) is 0 Å². The number of nitrogens with one attached hydrogen (secondary N) is 2. The first-order valence-electron chi connectivity index (χ1n) is 10.3.